The van der Waals surface area contributed by atoms with E-state index in [1.807, 2.05) is 0 Å². The molecule has 1 aromatic rings. The standard InChI is InChI=1S/C10H13O6P/c1-15-10(11)7-6-8-4-2-3-5-9(8)16-17(12,13)14/h2-5H,6-7H2,1H3,(H2,12,13,14). The first-order chi connectivity index (χ1) is 7.92. The van der Waals surface area contributed by atoms with Crippen LogP contribution in [0.15, 0.2) is 24.3 Å². The minimum atomic E-state index is -4.59. The van der Waals surface area contributed by atoms with Gasteiger partial charge in [0.15, 0.2) is 0 Å². The Morgan fingerprint density at radius 2 is 2.00 bits per heavy atom. The Morgan fingerprint density at radius 3 is 2.59 bits per heavy atom. The van der Waals surface area contributed by atoms with Gasteiger partial charge in [0, 0.05) is 6.42 Å². The molecule has 0 aromatic heterocycles. The van der Waals surface area contributed by atoms with Crippen molar-refractivity contribution < 1.29 is 28.4 Å². The van der Waals surface area contributed by atoms with E-state index in [1.54, 1.807) is 18.2 Å². The third-order valence-electron chi connectivity index (χ3n) is 2.02. The van der Waals surface area contributed by atoms with Crippen LogP contribution >= 0.6 is 7.82 Å². The summed E-state index contributed by atoms with van der Waals surface area (Å²) < 4.78 is 19.7. The molecule has 0 saturated carbocycles. The zero-order valence-corrected chi connectivity index (χ0v) is 10.1. The van der Waals surface area contributed by atoms with E-state index >= 15 is 0 Å². The number of ether oxygens (including phenoxy) is 1. The number of esters is 1. The van der Waals surface area contributed by atoms with Crippen molar-refractivity contribution in [3.8, 4) is 5.75 Å². The summed E-state index contributed by atoms with van der Waals surface area (Å²) in [6, 6.07) is 6.35. The maximum atomic E-state index is 11.0. The quantitative estimate of drug-likeness (QED) is 0.611. The SMILES string of the molecule is COC(=O)CCc1ccccc1OP(=O)(O)O. The Bertz CT molecular complexity index is 438. The van der Waals surface area contributed by atoms with E-state index in [-0.39, 0.29) is 12.2 Å². The highest BCUT2D eigenvalue weighted by molar-refractivity contribution is 7.46. The lowest BCUT2D eigenvalue weighted by molar-refractivity contribution is -0.140. The van der Waals surface area contributed by atoms with Crippen molar-refractivity contribution in [2.75, 3.05) is 7.11 Å². The number of rotatable bonds is 5. The predicted octanol–water partition coefficient (Wildman–Crippen LogP) is 1.26. The second-order valence-corrected chi connectivity index (χ2v) is 4.43. The average Bonchev–Trinajstić information content (AvgIpc) is 2.25. The van der Waals surface area contributed by atoms with Crippen molar-refractivity contribution in [1.82, 2.24) is 0 Å². The van der Waals surface area contributed by atoms with E-state index in [4.69, 9.17) is 9.79 Å². The fourth-order valence-corrected chi connectivity index (χ4v) is 1.70. The van der Waals surface area contributed by atoms with Crippen LogP contribution in [0.5, 0.6) is 5.75 Å². The predicted molar refractivity (Wildman–Crippen MR) is 59.5 cm³/mol. The van der Waals surface area contributed by atoms with E-state index in [0.717, 1.165) is 0 Å². The lowest BCUT2D eigenvalue weighted by Crippen LogP contribution is -2.03. The molecule has 0 aliphatic rings. The van der Waals surface area contributed by atoms with Gasteiger partial charge in [0.1, 0.15) is 5.75 Å². The van der Waals surface area contributed by atoms with E-state index < -0.39 is 13.8 Å². The molecule has 94 valence electrons. The molecule has 7 heteroatoms. The highest BCUT2D eigenvalue weighted by atomic mass is 31.2. The molecule has 0 saturated heterocycles. The van der Waals surface area contributed by atoms with E-state index in [9.17, 15) is 9.36 Å². The molecule has 0 aliphatic heterocycles. The van der Waals surface area contributed by atoms with Crippen LogP contribution in [-0.4, -0.2) is 22.9 Å². The van der Waals surface area contributed by atoms with Crippen molar-refractivity contribution in [3.63, 3.8) is 0 Å². The van der Waals surface area contributed by atoms with Gasteiger partial charge in [0.05, 0.1) is 7.11 Å². The van der Waals surface area contributed by atoms with Gasteiger partial charge < -0.3 is 9.26 Å². The van der Waals surface area contributed by atoms with Crippen LogP contribution in [0.2, 0.25) is 0 Å². The molecule has 0 heterocycles. The number of aryl methyl sites for hydroxylation is 1. The van der Waals surface area contributed by atoms with Crippen LogP contribution in [0.1, 0.15) is 12.0 Å². The van der Waals surface area contributed by atoms with Gasteiger partial charge in [-0.3, -0.25) is 14.6 Å². The number of hydrogen-bond donors (Lipinski definition) is 2. The van der Waals surface area contributed by atoms with E-state index in [2.05, 4.69) is 9.26 Å². The summed E-state index contributed by atoms with van der Waals surface area (Å²) in [7, 11) is -3.31. The van der Waals surface area contributed by atoms with Crippen LogP contribution in [0.25, 0.3) is 0 Å². The Hall–Kier alpha value is -1.36. The van der Waals surface area contributed by atoms with Gasteiger partial charge in [0.2, 0.25) is 0 Å². The normalized spacial score (nSPS) is 11.0. The molecule has 6 nitrogen and oxygen atoms in total. The Labute approximate surface area is 98.4 Å². The number of carbonyl (C=O) groups is 1. The third kappa shape index (κ3) is 4.99. The van der Waals surface area contributed by atoms with Crippen LogP contribution in [0.4, 0.5) is 0 Å². The van der Waals surface area contributed by atoms with Crippen molar-refractivity contribution in [3.05, 3.63) is 29.8 Å². The van der Waals surface area contributed by atoms with Crippen molar-refractivity contribution in [2.45, 2.75) is 12.8 Å². The Kier molecular flexibility index (Phi) is 4.69. The molecule has 0 amide bonds. The number of para-hydroxylation sites is 1. The van der Waals surface area contributed by atoms with Gasteiger partial charge in [-0.15, -0.1) is 0 Å². The summed E-state index contributed by atoms with van der Waals surface area (Å²) in [6.07, 6.45) is 0.418. The van der Waals surface area contributed by atoms with E-state index in [0.29, 0.717) is 12.0 Å². The topological polar surface area (TPSA) is 93.1 Å². The second-order valence-electron chi connectivity index (χ2n) is 3.27. The van der Waals surface area contributed by atoms with Gasteiger partial charge in [-0.05, 0) is 18.1 Å². The lowest BCUT2D eigenvalue weighted by Gasteiger charge is -2.11. The maximum absolute atomic E-state index is 11.0. The van der Waals surface area contributed by atoms with Gasteiger partial charge in [-0.1, -0.05) is 18.2 Å². The number of phosphoric acid groups is 1. The first-order valence-corrected chi connectivity index (χ1v) is 6.35. The number of phosphoric ester groups is 1. The molecule has 0 fully saturated rings. The molecule has 1 rings (SSSR count). The fourth-order valence-electron chi connectivity index (χ4n) is 1.27. The van der Waals surface area contributed by atoms with Crippen molar-refractivity contribution in [1.29, 1.82) is 0 Å². The highest BCUT2D eigenvalue weighted by Crippen LogP contribution is 2.39. The molecule has 0 atom stereocenters. The van der Waals surface area contributed by atoms with Crippen LogP contribution in [-0.2, 0) is 20.5 Å². The largest absolute Gasteiger partial charge is 0.524 e. The molecular weight excluding hydrogens is 247 g/mol. The Balaban J connectivity index is 2.78. The molecule has 0 unspecified atom stereocenters. The maximum Gasteiger partial charge on any atom is 0.524 e. The fraction of sp³-hybridized carbons (Fsp3) is 0.300. The summed E-state index contributed by atoms with van der Waals surface area (Å²) in [5.41, 5.74) is 0.543. The van der Waals surface area contributed by atoms with Gasteiger partial charge in [-0.25, -0.2) is 4.57 Å². The second kappa shape index (κ2) is 5.82. The van der Waals surface area contributed by atoms with Gasteiger partial charge >= 0.3 is 13.8 Å². The first-order valence-electron chi connectivity index (χ1n) is 4.82. The summed E-state index contributed by atoms with van der Waals surface area (Å²) in [4.78, 5) is 28.4. The summed E-state index contributed by atoms with van der Waals surface area (Å²) in [5, 5.41) is 0. The van der Waals surface area contributed by atoms with Gasteiger partial charge in [-0.2, -0.15) is 0 Å². The molecule has 2 N–H and O–H groups in total. The molecule has 0 bridgehead atoms. The number of methoxy groups -OCH3 is 1. The van der Waals surface area contributed by atoms with Crippen molar-refractivity contribution >= 4 is 13.8 Å². The number of benzene rings is 1. The molecule has 0 aliphatic carbocycles. The summed E-state index contributed by atoms with van der Waals surface area (Å²) in [6.45, 7) is 0. The minimum absolute atomic E-state index is 0.0738. The number of hydrogen-bond acceptors (Lipinski definition) is 4. The Morgan fingerprint density at radius 1 is 1.35 bits per heavy atom. The van der Waals surface area contributed by atoms with E-state index in [1.165, 1.54) is 13.2 Å². The highest BCUT2D eigenvalue weighted by Gasteiger charge is 2.18. The van der Waals surface area contributed by atoms with Crippen molar-refractivity contribution in [2.24, 2.45) is 0 Å². The van der Waals surface area contributed by atoms with Crippen LogP contribution in [0, 0.1) is 0 Å². The minimum Gasteiger partial charge on any atom is -0.469 e. The summed E-state index contributed by atoms with van der Waals surface area (Å²) in [5.74, 6) is -0.319. The molecular formula is C10H13O6P. The smallest absolute Gasteiger partial charge is 0.469 e. The first kappa shape index (κ1) is 13.7. The van der Waals surface area contributed by atoms with Crippen LogP contribution < -0.4 is 4.52 Å². The lowest BCUT2D eigenvalue weighted by atomic mass is 10.1. The van der Waals surface area contributed by atoms with Crippen LogP contribution in [0.3, 0.4) is 0 Å². The molecule has 0 radical (unpaired) electrons. The summed E-state index contributed by atoms with van der Waals surface area (Å²) >= 11 is 0. The third-order valence-corrected chi connectivity index (χ3v) is 2.45. The van der Waals surface area contributed by atoms with Gasteiger partial charge in [0.25, 0.3) is 0 Å². The molecule has 1 aromatic carbocycles. The zero-order valence-electron chi connectivity index (χ0n) is 9.20. The average molecular weight is 260 g/mol. The molecule has 0 spiro atoms. The monoisotopic (exact) mass is 260 g/mol. The number of carbonyl (C=O) groups excluding carboxylic acids is 1. The molecule has 17 heavy (non-hydrogen) atoms. The zero-order chi connectivity index (χ0) is 12.9.